The molecule has 0 saturated heterocycles. The molecule has 4 nitrogen and oxygen atoms in total. The molecular formula is C8H11NO3. The molecule has 0 radical (unpaired) electrons. The van der Waals surface area contributed by atoms with Crippen LogP contribution in [0.15, 0.2) is 12.7 Å². The lowest BCUT2D eigenvalue weighted by atomic mass is 10.1. The van der Waals surface area contributed by atoms with Gasteiger partial charge in [-0.3, -0.25) is 9.59 Å². The Labute approximate surface area is 70.3 Å². The Morgan fingerprint density at radius 2 is 2.17 bits per heavy atom. The first-order valence-electron chi connectivity index (χ1n) is 3.76. The summed E-state index contributed by atoms with van der Waals surface area (Å²) in [6.07, 6.45) is 2.42. The van der Waals surface area contributed by atoms with Crippen LogP contribution in [0.1, 0.15) is 12.8 Å². The topological polar surface area (TPSA) is 66.4 Å². The average molecular weight is 169 g/mol. The Morgan fingerprint density at radius 1 is 1.58 bits per heavy atom. The first-order valence-corrected chi connectivity index (χ1v) is 3.76. The van der Waals surface area contributed by atoms with Crippen molar-refractivity contribution in [3.63, 3.8) is 0 Å². The van der Waals surface area contributed by atoms with Crippen molar-refractivity contribution in [2.75, 3.05) is 6.54 Å². The molecule has 0 bridgehead atoms. The molecule has 0 aliphatic heterocycles. The van der Waals surface area contributed by atoms with E-state index in [9.17, 15) is 9.59 Å². The van der Waals surface area contributed by atoms with E-state index in [-0.39, 0.29) is 0 Å². The van der Waals surface area contributed by atoms with E-state index in [1.165, 1.54) is 6.08 Å². The summed E-state index contributed by atoms with van der Waals surface area (Å²) in [5, 5.41) is 11.2. The Morgan fingerprint density at radius 3 is 2.50 bits per heavy atom. The number of carbonyl (C=O) groups excluding carboxylic acids is 1. The van der Waals surface area contributed by atoms with Crippen molar-refractivity contribution in [3.05, 3.63) is 12.7 Å². The van der Waals surface area contributed by atoms with E-state index < -0.39 is 17.3 Å². The van der Waals surface area contributed by atoms with Crippen LogP contribution in [0.5, 0.6) is 0 Å². The molecule has 1 rings (SSSR count). The summed E-state index contributed by atoms with van der Waals surface area (Å²) in [5.41, 5.74) is -1.12. The van der Waals surface area contributed by atoms with Crippen LogP contribution in [-0.2, 0) is 9.59 Å². The largest absolute Gasteiger partial charge is 0.480 e. The van der Waals surface area contributed by atoms with Crippen LogP contribution in [0.4, 0.5) is 0 Å². The number of rotatable bonds is 4. The van der Waals surface area contributed by atoms with E-state index in [4.69, 9.17) is 5.11 Å². The number of aliphatic carboxylic acids is 1. The van der Waals surface area contributed by atoms with Gasteiger partial charge in [0.1, 0.15) is 5.41 Å². The van der Waals surface area contributed by atoms with E-state index in [2.05, 4.69) is 11.9 Å². The van der Waals surface area contributed by atoms with Gasteiger partial charge in [-0.25, -0.2) is 0 Å². The molecule has 0 atom stereocenters. The quantitative estimate of drug-likeness (QED) is 0.465. The highest BCUT2D eigenvalue weighted by Gasteiger charge is 2.56. The van der Waals surface area contributed by atoms with Gasteiger partial charge in [0.15, 0.2) is 0 Å². The zero-order valence-corrected chi connectivity index (χ0v) is 6.67. The Hall–Kier alpha value is -1.32. The van der Waals surface area contributed by atoms with Gasteiger partial charge in [0.25, 0.3) is 0 Å². The predicted molar refractivity (Wildman–Crippen MR) is 42.5 cm³/mol. The van der Waals surface area contributed by atoms with Gasteiger partial charge in [0.05, 0.1) is 0 Å². The molecule has 0 aromatic rings. The van der Waals surface area contributed by atoms with Gasteiger partial charge < -0.3 is 10.4 Å². The smallest absolute Gasteiger partial charge is 0.319 e. The summed E-state index contributed by atoms with van der Waals surface area (Å²) in [7, 11) is 0. The SMILES string of the molecule is C=CCNC(=O)C1(C(=O)O)CC1. The molecule has 0 heterocycles. The number of amides is 1. The van der Waals surface area contributed by atoms with Gasteiger partial charge in [-0.2, -0.15) is 0 Å². The number of carboxylic acid groups (broad SMARTS) is 1. The summed E-state index contributed by atoms with van der Waals surface area (Å²) >= 11 is 0. The maximum Gasteiger partial charge on any atom is 0.319 e. The van der Waals surface area contributed by atoms with Crippen LogP contribution in [-0.4, -0.2) is 23.5 Å². The molecule has 2 N–H and O–H groups in total. The summed E-state index contributed by atoms with van der Waals surface area (Å²) < 4.78 is 0. The molecule has 0 unspecified atom stereocenters. The second-order valence-corrected chi connectivity index (χ2v) is 2.89. The van der Waals surface area contributed by atoms with E-state index >= 15 is 0 Å². The lowest BCUT2D eigenvalue weighted by Crippen LogP contribution is -2.36. The predicted octanol–water partition coefficient (Wildman–Crippen LogP) is 0.153. The summed E-state index contributed by atoms with van der Waals surface area (Å²) in [6, 6.07) is 0. The average Bonchev–Trinajstić information content (AvgIpc) is 2.80. The zero-order valence-electron chi connectivity index (χ0n) is 6.67. The third kappa shape index (κ3) is 1.32. The number of hydrogen-bond acceptors (Lipinski definition) is 2. The lowest BCUT2D eigenvalue weighted by Gasteiger charge is -2.08. The maximum atomic E-state index is 11.2. The van der Waals surface area contributed by atoms with Crippen molar-refractivity contribution in [1.82, 2.24) is 5.32 Å². The first-order chi connectivity index (χ1) is 5.63. The maximum absolute atomic E-state index is 11.2. The summed E-state index contributed by atoms with van der Waals surface area (Å²) in [5.74, 6) is -1.42. The van der Waals surface area contributed by atoms with Gasteiger partial charge in [-0.05, 0) is 12.8 Å². The minimum Gasteiger partial charge on any atom is -0.480 e. The number of carboxylic acids is 1. The number of nitrogens with one attached hydrogen (secondary N) is 1. The first kappa shape index (κ1) is 8.77. The van der Waals surface area contributed by atoms with Gasteiger partial charge in [-0.1, -0.05) is 6.08 Å². The van der Waals surface area contributed by atoms with Crippen LogP contribution in [0.25, 0.3) is 0 Å². The Kier molecular flexibility index (Phi) is 2.17. The normalized spacial score (nSPS) is 18.0. The van der Waals surface area contributed by atoms with E-state index in [0.717, 1.165) is 0 Å². The number of hydrogen-bond donors (Lipinski definition) is 2. The van der Waals surface area contributed by atoms with Crippen LogP contribution in [0.2, 0.25) is 0 Å². The van der Waals surface area contributed by atoms with Crippen molar-refractivity contribution in [2.24, 2.45) is 5.41 Å². The van der Waals surface area contributed by atoms with Crippen molar-refractivity contribution < 1.29 is 14.7 Å². The molecule has 0 spiro atoms. The third-order valence-electron chi connectivity index (χ3n) is 2.00. The minimum atomic E-state index is -1.12. The van der Waals surface area contributed by atoms with E-state index in [1.807, 2.05) is 0 Å². The molecule has 1 fully saturated rings. The van der Waals surface area contributed by atoms with Crippen LogP contribution in [0, 0.1) is 5.41 Å². The molecule has 0 aromatic carbocycles. The molecule has 12 heavy (non-hydrogen) atoms. The van der Waals surface area contributed by atoms with Gasteiger partial charge in [-0.15, -0.1) is 6.58 Å². The van der Waals surface area contributed by atoms with E-state index in [0.29, 0.717) is 19.4 Å². The second-order valence-electron chi connectivity index (χ2n) is 2.89. The molecular weight excluding hydrogens is 158 g/mol. The fraction of sp³-hybridized carbons (Fsp3) is 0.500. The lowest BCUT2D eigenvalue weighted by molar-refractivity contribution is -0.148. The van der Waals surface area contributed by atoms with Gasteiger partial charge in [0.2, 0.25) is 5.91 Å². The van der Waals surface area contributed by atoms with Crippen molar-refractivity contribution >= 4 is 11.9 Å². The third-order valence-corrected chi connectivity index (χ3v) is 2.00. The van der Waals surface area contributed by atoms with Crippen LogP contribution >= 0.6 is 0 Å². The van der Waals surface area contributed by atoms with Gasteiger partial charge in [0, 0.05) is 6.54 Å². The molecule has 4 heteroatoms. The molecule has 1 saturated carbocycles. The zero-order chi connectivity index (χ0) is 9.19. The van der Waals surface area contributed by atoms with Crippen LogP contribution < -0.4 is 5.32 Å². The fourth-order valence-corrected chi connectivity index (χ4v) is 0.997. The van der Waals surface area contributed by atoms with Crippen molar-refractivity contribution in [2.45, 2.75) is 12.8 Å². The summed E-state index contributed by atoms with van der Waals surface area (Å²) in [6.45, 7) is 3.75. The summed E-state index contributed by atoms with van der Waals surface area (Å²) in [4.78, 5) is 21.8. The standard InChI is InChI=1S/C8H11NO3/c1-2-5-9-6(10)8(3-4-8)7(11)12/h2H,1,3-5H2,(H,9,10)(H,11,12). The fourth-order valence-electron chi connectivity index (χ4n) is 0.997. The van der Waals surface area contributed by atoms with Gasteiger partial charge >= 0.3 is 5.97 Å². The van der Waals surface area contributed by atoms with Crippen LogP contribution in [0.3, 0.4) is 0 Å². The molecule has 1 aliphatic rings. The minimum absolute atomic E-state index is 0.327. The highest BCUT2D eigenvalue weighted by molar-refractivity contribution is 6.04. The Balaban J connectivity index is 2.52. The highest BCUT2D eigenvalue weighted by Crippen LogP contribution is 2.45. The van der Waals surface area contributed by atoms with Crippen molar-refractivity contribution in [3.8, 4) is 0 Å². The molecule has 66 valence electrons. The number of carbonyl (C=O) groups is 2. The monoisotopic (exact) mass is 169 g/mol. The van der Waals surface area contributed by atoms with Crippen molar-refractivity contribution in [1.29, 1.82) is 0 Å². The Bertz CT molecular complexity index is 230. The molecule has 1 amide bonds. The molecule has 1 aliphatic carbocycles. The molecule has 0 aromatic heterocycles. The highest BCUT2D eigenvalue weighted by atomic mass is 16.4. The van der Waals surface area contributed by atoms with E-state index in [1.54, 1.807) is 0 Å². The second kappa shape index (κ2) is 2.97.